The minimum Gasteiger partial charge on any atom is -0.299 e. The molecule has 1 aromatic carbocycles. The molecule has 1 aliphatic rings. The number of carbonyl (C=O) groups excluding carboxylic acids is 1. The molecule has 0 N–H and O–H groups in total. The van der Waals surface area contributed by atoms with Gasteiger partial charge in [0.1, 0.15) is 6.29 Å². The number of hydrogen-bond acceptors (Lipinski definition) is 2. The molecule has 1 aliphatic carbocycles. The number of nitrogens with zero attached hydrogens (tertiary/aromatic N) is 1. The quantitative estimate of drug-likeness (QED) is 0.741. The second-order valence-electron chi connectivity index (χ2n) is 5.07. The highest BCUT2D eigenvalue weighted by Crippen LogP contribution is 2.22. The van der Waals surface area contributed by atoms with E-state index in [-0.39, 0.29) is 0 Å². The van der Waals surface area contributed by atoms with Gasteiger partial charge in [-0.15, -0.1) is 0 Å². The summed E-state index contributed by atoms with van der Waals surface area (Å²) in [7, 11) is 2.21. The molecule has 0 aliphatic heterocycles. The molecule has 0 amide bonds. The monoisotopic (exact) mass is 231 g/mol. The van der Waals surface area contributed by atoms with E-state index in [0.29, 0.717) is 0 Å². The zero-order valence-corrected chi connectivity index (χ0v) is 10.6. The summed E-state index contributed by atoms with van der Waals surface area (Å²) in [5, 5.41) is 0. The lowest BCUT2D eigenvalue weighted by Crippen LogP contribution is -2.32. The van der Waals surface area contributed by atoms with Crippen LogP contribution in [0.5, 0.6) is 0 Å². The van der Waals surface area contributed by atoms with E-state index in [1.165, 1.54) is 37.7 Å². The van der Waals surface area contributed by atoms with Crippen LogP contribution in [-0.4, -0.2) is 24.3 Å². The van der Waals surface area contributed by atoms with Gasteiger partial charge in [-0.25, -0.2) is 0 Å². The van der Waals surface area contributed by atoms with Gasteiger partial charge in [0.2, 0.25) is 0 Å². The lowest BCUT2D eigenvalue weighted by atomic mass is 9.94. The molecule has 0 atom stereocenters. The van der Waals surface area contributed by atoms with E-state index in [1.807, 2.05) is 12.1 Å². The predicted octanol–water partition coefficient (Wildman–Crippen LogP) is 3.26. The first kappa shape index (κ1) is 12.3. The van der Waals surface area contributed by atoms with Gasteiger partial charge >= 0.3 is 0 Å². The molecule has 0 spiro atoms. The van der Waals surface area contributed by atoms with Crippen LogP contribution in [0.4, 0.5) is 0 Å². The van der Waals surface area contributed by atoms with Crippen LogP contribution in [0.15, 0.2) is 24.3 Å². The first-order valence-electron chi connectivity index (χ1n) is 6.54. The van der Waals surface area contributed by atoms with Crippen molar-refractivity contribution in [3.8, 4) is 0 Å². The number of benzene rings is 1. The molecule has 0 saturated heterocycles. The summed E-state index contributed by atoms with van der Waals surface area (Å²) in [6.07, 6.45) is 7.72. The minimum atomic E-state index is 0.745. The third-order valence-corrected chi connectivity index (χ3v) is 3.75. The molecule has 1 aromatic rings. The van der Waals surface area contributed by atoms with Gasteiger partial charge < -0.3 is 0 Å². The Labute approximate surface area is 104 Å². The van der Waals surface area contributed by atoms with E-state index < -0.39 is 0 Å². The van der Waals surface area contributed by atoms with Crippen molar-refractivity contribution in [1.82, 2.24) is 4.90 Å². The fourth-order valence-electron chi connectivity index (χ4n) is 2.64. The Morgan fingerprint density at radius 2 is 1.82 bits per heavy atom. The topological polar surface area (TPSA) is 20.3 Å². The summed E-state index contributed by atoms with van der Waals surface area (Å²) in [6, 6.07) is 8.66. The van der Waals surface area contributed by atoms with Crippen molar-refractivity contribution in [3.05, 3.63) is 35.4 Å². The normalized spacial score (nSPS) is 17.3. The van der Waals surface area contributed by atoms with E-state index in [4.69, 9.17) is 0 Å². The summed E-state index contributed by atoms with van der Waals surface area (Å²) in [5.74, 6) is 0. The average molecular weight is 231 g/mol. The molecule has 2 rings (SSSR count). The summed E-state index contributed by atoms with van der Waals surface area (Å²) in [4.78, 5) is 13.0. The van der Waals surface area contributed by atoms with Crippen molar-refractivity contribution < 1.29 is 4.79 Å². The van der Waals surface area contributed by atoms with E-state index in [1.54, 1.807) is 0 Å². The summed E-state index contributed by atoms with van der Waals surface area (Å²) in [6.45, 7) is 0.990. The Morgan fingerprint density at radius 1 is 1.18 bits per heavy atom. The van der Waals surface area contributed by atoms with E-state index in [9.17, 15) is 4.79 Å². The second kappa shape index (κ2) is 5.97. The molecule has 0 bridgehead atoms. The Hall–Kier alpha value is -1.15. The molecular weight excluding hydrogens is 210 g/mol. The molecular formula is C15H21NO. The summed E-state index contributed by atoms with van der Waals surface area (Å²) in [5.41, 5.74) is 2.05. The van der Waals surface area contributed by atoms with Crippen molar-refractivity contribution in [3.63, 3.8) is 0 Å². The third kappa shape index (κ3) is 3.40. The van der Waals surface area contributed by atoms with Gasteiger partial charge in [-0.1, -0.05) is 43.5 Å². The Morgan fingerprint density at radius 3 is 2.41 bits per heavy atom. The van der Waals surface area contributed by atoms with Crippen molar-refractivity contribution >= 4 is 6.29 Å². The fourth-order valence-corrected chi connectivity index (χ4v) is 2.64. The van der Waals surface area contributed by atoms with Gasteiger partial charge in [-0.3, -0.25) is 9.69 Å². The Balaban J connectivity index is 1.92. The van der Waals surface area contributed by atoms with Crippen LogP contribution in [0.1, 0.15) is 48.0 Å². The standard InChI is InChI=1S/C15H21NO/c1-16(15-5-3-2-4-6-15)11-13-7-9-14(12-17)10-8-13/h7-10,12,15H,2-6,11H2,1H3. The van der Waals surface area contributed by atoms with Crippen LogP contribution < -0.4 is 0 Å². The number of rotatable bonds is 4. The van der Waals surface area contributed by atoms with Gasteiger partial charge in [0.25, 0.3) is 0 Å². The Bertz CT molecular complexity index is 352. The maximum absolute atomic E-state index is 10.6. The lowest BCUT2D eigenvalue weighted by molar-refractivity contribution is 0.112. The fraction of sp³-hybridized carbons (Fsp3) is 0.533. The van der Waals surface area contributed by atoms with Crippen molar-refractivity contribution in [2.45, 2.75) is 44.7 Å². The molecule has 0 aromatic heterocycles. The zero-order valence-electron chi connectivity index (χ0n) is 10.6. The lowest BCUT2D eigenvalue weighted by Gasteiger charge is -2.31. The van der Waals surface area contributed by atoms with E-state index in [2.05, 4.69) is 24.1 Å². The molecule has 0 heterocycles. The summed E-state index contributed by atoms with van der Waals surface area (Å²) < 4.78 is 0. The Kier molecular flexibility index (Phi) is 4.32. The molecule has 17 heavy (non-hydrogen) atoms. The molecule has 92 valence electrons. The van der Waals surface area contributed by atoms with Crippen LogP contribution in [0.25, 0.3) is 0 Å². The smallest absolute Gasteiger partial charge is 0.150 e. The van der Waals surface area contributed by atoms with E-state index in [0.717, 1.165) is 24.4 Å². The van der Waals surface area contributed by atoms with Gasteiger partial charge in [-0.05, 0) is 25.5 Å². The van der Waals surface area contributed by atoms with Crippen molar-refractivity contribution in [2.75, 3.05) is 7.05 Å². The van der Waals surface area contributed by atoms with Gasteiger partial charge in [-0.2, -0.15) is 0 Å². The third-order valence-electron chi connectivity index (χ3n) is 3.75. The molecule has 0 radical (unpaired) electrons. The van der Waals surface area contributed by atoms with Gasteiger partial charge in [0.05, 0.1) is 0 Å². The maximum atomic E-state index is 10.6. The van der Waals surface area contributed by atoms with Crippen LogP contribution in [0.3, 0.4) is 0 Å². The predicted molar refractivity (Wildman–Crippen MR) is 70.2 cm³/mol. The SMILES string of the molecule is CN(Cc1ccc(C=O)cc1)C1CCCCC1. The number of aldehydes is 1. The first-order chi connectivity index (χ1) is 8.29. The maximum Gasteiger partial charge on any atom is 0.150 e. The van der Waals surface area contributed by atoms with E-state index >= 15 is 0 Å². The molecule has 2 heteroatoms. The number of carbonyl (C=O) groups is 1. The summed E-state index contributed by atoms with van der Waals surface area (Å²) >= 11 is 0. The molecule has 0 unspecified atom stereocenters. The largest absolute Gasteiger partial charge is 0.299 e. The average Bonchev–Trinajstić information content (AvgIpc) is 2.40. The second-order valence-corrected chi connectivity index (χ2v) is 5.07. The first-order valence-corrected chi connectivity index (χ1v) is 6.54. The van der Waals surface area contributed by atoms with Gasteiger partial charge in [0, 0.05) is 18.2 Å². The van der Waals surface area contributed by atoms with Crippen molar-refractivity contribution in [1.29, 1.82) is 0 Å². The van der Waals surface area contributed by atoms with Gasteiger partial charge in [0.15, 0.2) is 0 Å². The highest BCUT2D eigenvalue weighted by atomic mass is 16.1. The molecule has 1 saturated carbocycles. The highest BCUT2D eigenvalue weighted by molar-refractivity contribution is 5.74. The van der Waals surface area contributed by atoms with Crippen LogP contribution in [0, 0.1) is 0 Å². The highest BCUT2D eigenvalue weighted by Gasteiger charge is 2.17. The number of hydrogen-bond donors (Lipinski definition) is 0. The van der Waals surface area contributed by atoms with Crippen LogP contribution in [-0.2, 0) is 6.54 Å². The zero-order chi connectivity index (χ0) is 12.1. The molecule has 2 nitrogen and oxygen atoms in total. The molecule has 1 fully saturated rings. The van der Waals surface area contributed by atoms with Crippen LogP contribution in [0.2, 0.25) is 0 Å². The minimum absolute atomic E-state index is 0.745. The van der Waals surface area contributed by atoms with Crippen LogP contribution >= 0.6 is 0 Å². The van der Waals surface area contributed by atoms with Crippen molar-refractivity contribution in [2.24, 2.45) is 0 Å².